The van der Waals surface area contributed by atoms with Crippen LogP contribution in [-0.2, 0) is 4.79 Å². The standard InChI is InChI=1S/C11H11ClN4O2/c1-16-5-9(17)14-11(16)15-10(18)7-4-6(12)2-3-8(7)13/h2-4H,5,13H2,1H3,(H,14,15,17,18). The Morgan fingerprint density at radius 3 is 2.89 bits per heavy atom. The summed E-state index contributed by atoms with van der Waals surface area (Å²) in [5, 5.41) is 2.88. The predicted octanol–water partition coefficient (Wildman–Crippen LogP) is 0.480. The number of amides is 2. The molecule has 1 aliphatic heterocycles. The molecular formula is C11H11ClN4O2. The minimum absolute atomic E-state index is 0.178. The first kappa shape index (κ1) is 12.4. The molecule has 1 aliphatic rings. The molecule has 0 radical (unpaired) electrons. The van der Waals surface area contributed by atoms with Crippen LogP contribution in [0.5, 0.6) is 0 Å². The lowest BCUT2D eigenvalue weighted by Gasteiger charge is -2.08. The molecule has 94 valence electrons. The number of nitrogen functional groups attached to an aromatic ring is 1. The van der Waals surface area contributed by atoms with E-state index in [1.807, 2.05) is 0 Å². The first-order chi connectivity index (χ1) is 8.47. The molecule has 3 N–H and O–H groups in total. The molecular weight excluding hydrogens is 256 g/mol. The summed E-state index contributed by atoms with van der Waals surface area (Å²) in [6.07, 6.45) is 0. The molecule has 1 saturated heterocycles. The number of rotatable bonds is 1. The summed E-state index contributed by atoms with van der Waals surface area (Å²) in [6.45, 7) is 0.178. The van der Waals surface area contributed by atoms with Crippen molar-refractivity contribution in [2.24, 2.45) is 4.99 Å². The smallest absolute Gasteiger partial charge is 0.282 e. The summed E-state index contributed by atoms with van der Waals surface area (Å²) in [5.74, 6) is -0.536. The molecule has 18 heavy (non-hydrogen) atoms. The number of halogens is 1. The molecule has 0 spiro atoms. The molecule has 0 atom stereocenters. The van der Waals surface area contributed by atoms with Crippen molar-refractivity contribution in [2.45, 2.75) is 0 Å². The van der Waals surface area contributed by atoms with Crippen LogP contribution in [0.4, 0.5) is 5.69 Å². The van der Waals surface area contributed by atoms with Gasteiger partial charge in [-0.25, -0.2) is 0 Å². The van der Waals surface area contributed by atoms with Crippen LogP contribution in [0.15, 0.2) is 23.2 Å². The average molecular weight is 267 g/mol. The van der Waals surface area contributed by atoms with Crippen LogP contribution in [0.25, 0.3) is 0 Å². The summed E-state index contributed by atoms with van der Waals surface area (Å²) < 4.78 is 0. The van der Waals surface area contributed by atoms with Crippen LogP contribution < -0.4 is 11.1 Å². The Bertz CT molecular complexity index is 556. The van der Waals surface area contributed by atoms with Gasteiger partial charge in [-0.2, -0.15) is 4.99 Å². The molecule has 1 aromatic rings. The lowest BCUT2D eigenvalue weighted by molar-refractivity contribution is -0.118. The number of carbonyl (C=O) groups excluding carboxylic acids is 2. The maximum Gasteiger partial charge on any atom is 0.282 e. The summed E-state index contributed by atoms with van der Waals surface area (Å²) in [7, 11) is 1.66. The number of nitrogens with two attached hydrogens (primary N) is 1. The molecule has 0 aromatic heterocycles. The van der Waals surface area contributed by atoms with E-state index < -0.39 is 5.91 Å². The highest BCUT2D eigenvalue weighted by Gasteiger charge is 2.23. The number of aliphatic imine (C=N–C) groups is 1. The monoisotopic (exact) mass is 266 g/mol. The third kappa shape index (κ3) is 2.43. The van der Waals surface area contributed by atoms with Crippen molar-refractivity contribution in [2.75, 3.05) is 19.3 Å². The van der Waals surface area contributed by atoms with E-state index in [4.69, 9.17) is 17.3 Å². The van der Waals surface area contributed by atoms with Crippen molar-refractivity contribution < 1.29 is 9.59 Å². The highest BCUT2D eigenvalue weighted by atomic mass is 35.5. The van der Waals surface area contributed by atoms with Gasteiger partial charge in [0.05, 0.1) is 12.1 Å². The van der Waals surface area contributed by atoms with Crippen molar-refractivity contribution in [1.29, 1.82) is 0 Å². The summed E-state index contributed by atoms with van der Waals surface area (Å²) in [5.41, 5.74) is 6.18. The number of hydrogen-bond donors (Lipinski definition) is 2. The quantitative estimate of drug-likeness (QED) is 0.724. The molecule has 2 amide bonds. The number of likely N-dealkylation sites (N-methyl/N-ethyl adjacent to an activating group) is 1. The number of carbonyl (C=O) groups is 2. The number of nitrogens with zero attached hydrogens (tertiary/aromatic N) is 2. The predicted molar refractivity (Wildman–Crippen MR) is 68.4 cm³/mol. The van der Waals surface area contributed by atoms with Gasteiger partial charge in [-0.15, -0.1) is 0 Å². The Morgan fingerprint density at radius 1 is 1.56 bits per heavy atom. The lowest BCUT2D eigenvalue weighted by atomic mass is 10.2. The molecule has 1 fully saturated rings. The van der Waals surface area contributed by atoms with E-state index in [2.05, 4.69) is 10.3 Å². The fourth-order valence-corrected chi connectivity index (χ4v) is 1.71. The van der Waals surface area contributed by atoms with Crippen LogP contribution in [0, 0.1) is 0 Å². The molecule has 7 heteroatoms. The zero-order valence-electron chi connectivity index (χ0n) is 9.61. The van der Waals surface area contributed by atoms with Crippen molar-refractivity contribution in [3.8, 4) is 0 Å². The molecule has 0 saturated carbocycles. The van der Waals surface area contributed by atoms with Gasteiger partial charge < -0.3 is 10.6 Å². The first-order valence-corrected chi connectivity index (χ1v) is 5.54. The molecule has 0 unspecified atom stereocenters. The van der Waals surface area contributed by atoms with Gasteiger partial charge in [0.25, 0.3) is 5.91 Å². The Hall–Kier alpha value is -2.08. The Kier molecular flexibility index (Phi) is 3.20. The first-order valence-electron chi connectivity index (χ1n) is 5.16. The van der Waals surface area contributed by atoms with Gasteiger partial charge in [-0.1, -0.05) is 11.6 Å². The molecule has 2 rings (SSSR count). The normalized spacial score (nSPS) is 17.1. The fourth-order valence-electron chi connectivity index (χ4n) is 1.53. The summed E-state index contributed by atoms with van der Waals surface area (Å²) in [6, 6.07) is 4.57. The van der Waals surface area contributed by atoms with E-state index in [1.165, 1.54) is 12.1 Å². The van der Waals surface area contributed by atoms with Gasteiger partial charge in [0.2, 0.25) is 11.9 Å². The maximum absolute atomic E-state index is 11.9. The number of benzene rings is 1. The van der Waals surface area contributed by atoms with Gasteiger partial charge in [-0.05, 0) is 18.2 Å². The van der Waals surface area contributed by atoms with Crippen molar-refractivity contribution >= 4 is 35.1 Å². The third-order valence-corrected chi connectivity index (χ3v) is 2.68. The topological polar surface area (TPSA) is 87.8 Å². The lowest BCUT2D eigenvalue weighted by Crippen LogP contribution is -2.28. The number of anilines is 1. The third-order valence-electron chi connectivity index (χ3n) is 2.45. The average Bonchev–Trinajstić information content (AvgIpc) is 2.61. The Labute approximate surface area is 108 Å². The fraction of sp³-hybridized carbons (Fsp3) is 0.182. The van der Waals surface area contributed by atoms with E-state index >= 15 is 0 Å². The van der Waals surface area contributed by atoms with Crippen LogP contribution in [0.3, 0.4) is 0 Å². The second-order valence-electron chi connectivity index (χ2n) is 3.88. The second kappa shape index (κ2) is 4.66. The highest BCUT2D eigenvalue weighted by Crippen LogP contribution is 2.18. The van der Waals surface area contributed by atoms with Crippen LogP contribution in [0.2, 0.25) is 5.02 Å². The molecule has 0 aliphatic carbocycles. The molecule has 1 aromatic carbocycles. The zero-order chi connectivity index (χ0) is 13.3. The number of nitrogens with one attached hydrogen (secondary N) is 1. The summed E-state index contributed by atoms with van der Waals surface area (Å²) >= 11 is 5.79. The van der Waals surface area contributed by atoms with Gasteiger partial charge in [0, 0.05) is 17.8 Å². The molecule has 0 bridgehead atoms. The Balaban J connectivity index is 2.30. The highest BCUT2D eigenvalue weighted by molar-refractivity contribution is 6.31. The van der Waals surface area contributed by atoms with Crippen LogP contribution in [-0.4, -0.2) is 36.3 Å². The molecule has 6 nitrogen and oxygen atoms in total. The van der Waals surface area contributed by atoms with Gasteiger partial charge >= 0.3 is 0 Å². The van der Waals surface area contributed by atoms with E-state index in [0.717, 1.165) is 0 Å². The van der Waals surface area contributed by atoms with Crippen molar-refractivity contribution in [3.05, 3.63) is 28.8 Å². The van der Waals surface area contributed by atoms with Crippen LogP contribution >= 0.6 is 11.6 Å². The SMILES string of the molecule is CN1CC(=O)NC1=NC(=O)c1cc(Cl)ccc1N. The zero-order valence-corrected chi connectivity index (χ0v) is 10.4. The van der Waals surface area contributed by atoms with Gasteiger partial charge in [-0.3, -0.25) is 14.9 Å². The molecule has 1 heterocycles. The van der Waals surface area contributed by atoms with Crippen molar-refractivity contribution in [3.63, 3.8) is 0 Å². The second-order valence-corrected chi connectivity index (χ2v) is 4.31. The minimum atomic E-state index is -0.543. The summed E-state index contributed by atoms with van der Waals surface area (Å²) in [4.78, 5) is 28.4. The van der Waals surface area contributed by atoms with E-state index in [1.54, 1.807) is 18.0 Å². The van der Waals surface area contributed by atoms with Gasteiger partial charge in [0.15, 0.2) is 0 Å². The number of hydrogen-bond acceptors (Lipinski definition) is 3. The van der Waals surface area contributed by atoms with E-state index in [0.29, 0.717) is 10.7 Å². The Morgan fingerprint density at radius 2 is 2.28 bits per heavy atom. The largest absolute Gasteiger partial charge is 0.398 e. The van der Waals surface area contributed by atoms with Crippen LogP contribution in [0.1, 0.15) is 10.4 Å². The number of guanidine groups is 1. The maximum atomic E-state index is 11.9. The van der Waals surface area contributed by atoms with E-state index in [9.17, 15) is 9.59 Å². The van der Waals surface area contributed by atoms with E-state index in [-0.39, 0.29) is 24.0 Å². The van der Waals surface area contributed by atoms with Gasteiger partial charge in [0.1, 0.15) is 0 Å². The minimum Gasteiger partial charge on any atom is -0.398 e. The van der Waals surface area contributed by atoms with Crippen molar-refractivity contribution in [1.82, 2.24) is 10.2 Å².